The van der Waals surface area contributed by atoms with Crippen LogP contribution in [0.4, 0.5) is 11.5 Å². The van der Waals surface area contributed by atoms with Gasteiger partial charge in [0.05, 0.1) is 11.6 Å². The number of nitrogens with zero attached hydrogens (tertiary/aromatic N) is 4. The maximum absolute atomic E-state index is 4.29. The minimum atomic E-state index is 0.779. The molecule has 0 saturated carbocycles. The molecule has 0 amide bonds. The van der Waals surface area contributed by atoms with Gasteiger partial charge in [-0.25, -0.2) is 9.97 Å². The van der Waals surface area contributed by atoms with Crippen LogP contribution in [0.15, 0.2) is 30.7 Å². The third-order valence-corrected chi connectivity index (χ3v) is 3.30. The molecule has 0 spiro atoms. The lowest BCUT2D eigenvalue weighted by atomic mass is 10.1. The Bertz CT molecular complexity index is 745. The summed E-state index contributed by atoms with van der Waals surface area (Å²) < 4.78 is 1.74. The number of aromatic nitrogens is 4. The van der Waals surface area contributed by atoms with Gasteiger partial charge in [0.25, 0.3) is 0 Å². The van der Waals surface area contributed by atoms with Crippen LogP contribution in [0.2, 0.25) is 0 Å². The number of fused-ring (bicyclic) bond motifs is 1. The number of nitrogens with one attached hydrogen (secondary N) is 1. The predicted molar refractivity (Wildman–Crippen MR) is 75.5 cm³/mol. The fourth-order valence-corrected chi connectivity index (χ4v) is 2.02. The van der Waals surface area contributed by atoms with Gasteiger partial charge in [-0.3, -0.25) is 4.68 Å². The van der Waals surface area contributed by atoms with Crippen LogP contribution in [-0.2, 0) is 7.05 Å². The van der Waals surface area contributed by atoms with E-state index in [0.717, 1.165) is 22.5 Å². The van der Waals surface area contributed by atoms with E-state index < -0.39 is 0 Å². The van der Waals surface area contributed by atoms with Gasteiger partial charge >= 0.3 is 0 Å². The molecule has 5 heteroatoms. The molecule has 0 atom stereocenters. The molecule has 0 aliphatic heterocycles. The van der Waals surface area contributed by atoms with E-state index >= 15 is 0 Å². The SMILES string of the molecule is Cc1ccc(Nc2ncnc3c2cnn3C)cc1C. The van der Waals surface area contributed by atoms with Crippen molar-refractivity contribution in [2.75, 3.05) is 5.32 Å². The number of hydrogen-bond acceptors (Lipinski definition) is 4. The van der Waals surface area contributed by atoms with Crippen LogP contribution < -0.4 is 5.32 Å². The normalized spacial score (nSPS) is 10.9. The molecule has 1 aromatic carbocycles. The fraction of sp³-hybridized carbons (Fsp3) is 0.214. The van der Waals surface area contributed by atoms with Crippen molar-refractivity contribution < 1.29 is 0 Å². The maximum atomic E-state index is 4.29. The highest BCUT2D eigenvalue weighted by atomic mass is 15.3. The summed E-state index contributed by atoms with van der Waals surface area (Å²) >= 11 is 0. The highest BCUT2D eigenvalue weighted by Gasteiger charge is 2.08. The van der Waals surface area contributed by atoms with Crippen LogP contribution in [0.25, 0.3) is 11.0 Å². The monoisotopic (exact) mass is 253 g/mol. The Balaban J connectivity index is 2.03. The first-order chi connectivity index (χ1) is 9.15. The van der Waals surface area contributed by atoms with Crippen molar-refractivity contribution in [2.45, 2.75) is 13.8 Å². The van der Waals surface area contributed by atoms with Crippen molar-refractivity contribution >= 4 is 22.5 Å². The zero-order valence-corrected chi connectivity index (χ0v) is 11.2. The van der Waals surface area contributed by atoms with Gasteiger partial charge in [-0.2, -0.15) is 5.10 Å². The summed E-state index contributed by atoms with van der Waals surface area (Å²) in [4.78, 5) is 8.52. The molecule has 0 aliphatic carbocycles. The standard InChI is InChI=1S/C14H15N5/c1-9-4-5-11(6-10(9)2)18-13-12-7-17-19(3)14(12)16-8-15-13/h4-8H,1-3H3,(H,15,16,18). The van der Waals surface area contributed by atoms with E-state index in [-0.39, 0.29) is 0 Å². The molecule has 0 radical (unpaired) electrons. The molecular formula is C14H15N5. The van der Waals surface area contributed by atoms with Gasteiger partial charge in [-0.1, -0.05) is 6.07 Å². The molecule has 0 unspecified atom stereocenters. The summed E-state index contributed by atoms with van der Waals surface area (Å²) in [7, 11) is 1.87. The zero-order valence-electron chi connectivity index (χ0n) is 11.2. The van der Waals surface area contributed by atoms with Gasteiger partial charge in [-0.05, 0) is 37.1 Å². The summed E-state index contributed by atoms with van der Waals surface area (Å²) in [5.74, 6) is 0.779. The summed E-state index contributed by atoms with van der Waals surface area (Å²) in [5, 5.41) is 8.45. The van der Waals surface area contributed by atoms with Crippen LogP contribution in [0, 0.1) is 13.8 Å². The molecule has 0 fully saturated rings. The van der Waals surface area contributed by atoms with Crippen molar-refractivity contribution in [2.24, 2.45) is 7.05 Å². The Morgan fingerprint density at radius 3 is 2.74 bits per heavy atom. The van der Waals surface area contributed by atoms with Crippen molar-refractivity contribution in [1.29, 1.82) is 0 Å². The Labute approximate surface area is 111 Å². The average Bonchev–Trinajstić information content (AvgIpc) is 2.77. The maximum Gasteiger partial charge on any atom is 0.163 e. The molecule has 3 rings (SSSR count). The minimum Gasteiger partial charge on any atom is -0.340 e. The van der Waals surface area contributed by atoms with Crippen LogP contribution >= 0.6 is 0 Å². The quantitative estimate of drug-likeness (QED) is 0.763. The highest BCUT2D eigenvalue weighted by molar-refractivity contribution is 5.88. The van der Waals surface area contributed by atoms with E-state index in [1.165, 1.54) is 11.1 Å². The molecule has 1 N–H and O–H groups in total. The van der Waals surface area contributed by atoms with Crippen molar-refractivity contribution in [3.8, 4) is 0 Å². The average molecular weight is 253 g/mol. The molecule has 0 bridgehead atoms. The number of anilines is 2. The van der Waals surface area contributed by atoms with Crippen LogP contribution in [0.3, 0.4) is 0 Å². The number of aryl methyl sites for hydroxylation is 3. The first-order valence-corrected chi connectivity index (χ1v) is 6.12. The first-order valence-electron chi connectivity index (χ1n) is 6.12. The summed E-state index contributed by atoms with van der Waals surface area (Å²) in [5.41, 5.74) is 4.37. The van der Waals surface area contributed by atoms with E-state index in [4.69, 9.17) is 0 Å². The lowest BCUT2D eigenvalue weighted by molar-refractivity contribution is 0.785. The Morgan fingerprint density at radius 2 is 1.95 bits per heavy atom. The molecule has 0 saturated heterocycles. The van der Waals surface area contributed by atoms with E-state index in [9.17, 15) is 0 Å². The summed E-state index contributed by atoms with van der Waals surface area (Å²) in [6, 6.07) is 6.26. The molecule has 0 aliphatic rings. The summed E-state index contributed by atoms with van der Waals surface area (Å²) in [6.45, 7) is 4.20. The molecule has 2 heterocycles. The second-order valence-corrected chi connectivity index (χ2v) is 4.65. The lowest BCUT2D eigenvalue weighted by Gasteiger charge is -2.08. The lowest BCUT2D eigenvalue weighted by Crippen LogP contribution is -1.97. The largest absolute Gasteiger partial charge is 0.340 e. The number of benzene rings is 1. The summed E-state index contributed by atoms with van der Waals surface area (Å²) in [6.07, 6.45) is 3.33. The van der Waals surface area contributed by atoms with Gasteiger partial charge in [0.2, 0.25) is 0 Å². The topological polar surface area (TPSA) is 55.6 Å². The molecule has 3 aromatic rings. The van der Waals surface area contributed by atoms with Crippen LogP contribution in [0.5, 0.6) is 0 Å². The van der Waals surface area contributed by atoms with Gasteiger partial charge in [-0.15, -0.1) is 0 Å². The van der Waals surface area contributed by atoms with Gasteiger partial charge in [0, 0.05) is 12.7 Å². The highest BCUT2D eigenvalue weighted by Crippen LogP contribution is 2.23. The molecule has 96 valence electrons. The van der Waals surface area contributed by atoms with E-state index in [1.54, 1.807) is 17.2 Å². The van der Waals surface area contributed by atoms with E-state index in [2.05, 4.69) is 46.4 Å². The number of hydrogen-bond donors (Lipinski definition) is 1. The Hall–Kier alpha value is -2.43. The molecule has 19 heavy (non-hydrogen) atoms. The van der Waals surface area contributed by atoms with Gasteiger partial charge in [0.15, 0.2) is 5.65 Å². The predicted octanol–water partition coefficient (Wildman–Crippen LogP) is 2.72. The van der Waals surface area contributed by atoms with E-state index in [1.807, 2.05) is 13.1 Å². The molecule has 2 aromatic heterocycles. The Kier molecular flexibility index (Phi) is 2.67. The fourth-order valence-electron chi connectivity index (χ4n) is 2.02. The molecular weight excluding hydrogens is 238 g/mol. The second kappa shape index (κ2) is 4.35. The van der Waals surface area contributed by atoms with Crippen molar-refractivity contribution in [3.63, 3.8) is 0 Å². The first kappa shape index (κ1) is 11.6. The van der Waals surface area contributed by atoms with Crippen LogP contribution in [0.1, 0.15) is 11.1 Å². The number of rotatable bonds is 2. The van der Waals surface area contributed by atoms with Crippen molar-refractivity contribution in [1.82, 2.24) is 19.7 Å². The third-order valence-electron chi connectivity index (χ3n) is 3.30. The molecule has 5 nitrogen and oxygen atoms in total. The zero-order chi connectivity index (χ0) is 13.4. The second-order valence-electron chi connectivity index (χ2n) is 4.65. The van der Waals surface area contributed by atoms with Crippen molar-refractivity contribution in [3.05, 3.63) is 41.9 Å². The van der Waals surface area contributed by atoms with Gasteiger partial charge < -0.3 is 5.32 Å². The van der Waals surface area contributed by atoms with Crippen LogP contribution in [-0.4, -0.2) is 19.7 Å². The third kappa shape index (κ3) is 2.03. The minimum absolute atomic E-state index is 0.779. The smallest absolute Gasteiger partial charge is 0.163 e. The Morgan fingerprint density at radius 1 is 1.11 bits per heavy atom. The van der Waals surface area contributed by atoms with Gasteiger partial charge in [0.1, 0.15) is 12.1 Å². The van der Waals surface area contributed by atoms with E-state index in [0.29, 0.717) is 0 Å².